The first kappa shape index (κ1) is 15.8. The molecule has 0 radical (unpaired) electrons. The molecule has 122 valence electrons. The van der Waals surface area contributed by atoms with Crippen molar-refractivity contribution in [2.24, 2.45) is 13.0 Å². The Labute approximate surface area is 137 Å². The van der Waals surface area contributed by atoms with Gasteiger partial charge in [0, 0.05) is 24.7 Å². The van der Waals surface area contributed by atoms with E-state index in [0.717, 1.165) is 23.4 Å². The zero-order chi connectivity index (χ0) is 16.2. The van der Waals surface area contributed by atoms with Crippen LogP contribution >= 0.6 is 0 Å². The van der Waals surface area contributed by atoms with Crippen LogP contribution in [-0.2, 0) is 7.05 Å². The van der Waals surface area contributed by atoms with Gasteiger partial charge in [-0.15, -0.1) is 0 Å². The summed E-state index contributed by atoms with van der Waals surface area (Å²) in [6.45, 7) is 2.75. The fourth-order valence-corrected chi connectivity index (χ4v) is 3.56. The number of rotatable bonds is 4. The number of benzene rings is 1. The smallest absolute Gasteiger partial charge is 0.272 e. The van der Waals surface area contributed by atoms with Gasteiger partial charge in [0.25, 0.3) is 5.91 Å². The Balaban J connectivity index is 1.74. The summed E-state index contributed by atoms with van der Waals surface area (Å²) in [6.07, 6.45) is 6.39. The van der Waals surface area contributed by atoms with Gasteiger partial charge < -0.3 is 5.32 Å². The summed E-state index contributed by atoms with van der Waals surface area (Å²) in [6, 6.07) is 10.1. The third-order valence-corrected chi connectivity index (χ3v) is 4.82. The van der Waals surface area contributed by atoms with Crippen LogP contribution in [0.15, 0.2) is 30.3 Å². The van der Waals surface area contributed by atoms with E-state index in [4.69, 9.17) is 0 Å². The summed E-state index contributed by atoms with van der Waals surface area (Å²) < 4.78 is 1.81. The molecule has 1 amide bonds. The van der Waals surface area contributed by atoms with Crippen molar-refractivity contribution >= 4 is 5.91 Å². The predicted molar refractivity (Wildman–Crippen MR) is 92.3 cm³/mol. The molecule has 0 saturated heterocycles. The molecular formula is C19H25N3O. The molecule has 0 aliphatic heterocycles. The molecular weight excluding hydrogens is 286 g/mol. The Bertz CT molecular complexity index is 669. The van der Waals surface area contributed by atoms with E-state index in [1.54, 1.807) is 4.68 Å². The van der Waals surface area contributed by atoms with Crippen molar-refractivity contribution in [3.63, 3.8) is 0 Å². The van der Waals surface area contributed by atoms with Crippen LogP contribution in [0.3, 0.4) is 0 Å². The molecule has 1 aliphatic rings. The van der Waals surface area contributed by atoms with Crippen molar-refractivity contribution in [2.45, 2.75) is 39.0 Å². The van der Waals surface area contributed by atoms with Crippen LogP contribution in [-0.4, -0.2) is 22.2 Å². The monoisotopic (exact) mass is 311 g/mol. The molecule has 1 aromatic carbocycles. The van der Waals surface area contributed by atoms with Crippen LogP contribution in [0.25, 0.3) is 11.3 Å². The van der Waals surface area contributed by atoms with Crippen molar-refractivity contribution < 1.29 is 4.79 Å². The topological polar surface area (TPSA) is 46.9 Å². The van der Waals surface area contributed by atoms with Crippen LogP contribution in [0.4, 0.5) is 0 Å². The summed E-state index contributed by atoms with van der Waals surface area (Å²) in [7, 11) is 1.90. The second-order valence-corrected chi connectivity index (χ2v) is 6.53. The number of hydrogen-bond acceptors (Lipinski definition) is 2. The highest BCUT2D eigenvalue weighted by Gasteiger charge is 2.21. The third-order valence-electron chi connectivity index (χ3n) is 4.82. The normalized spacial score (nSPS) is 15.6. The molecule has 23 heavy (non-hydrogen) atoms. The van der Waals surface area contributed by atoms with E-state index in [9.17, 15) is 4.79 Å². The molecule has 1 N–H and O–H groups in total. The van der Waals surface area contributed by atoms with E-state index in [0.29, 0.717) is 11.6 Å². The Morgan fingerprint density at radius 3 is 2.61 bits per heavy atom. The number of carbonyl (C=O) groups excluding carboxylic acids is 1. The van der Waals surface area contributed by atoms with Crippen LogP contribution in [0.2, 0.25) is 0 Å². The average Bonchev–Trinajstić information content (AvgIpc) is 2.89. The maximum atomic E-state index is 12.5. The maximum Gasteiger partial charge on any atom is 0.272 e. The largest absolute Gasteiger partial charge is 0.350 e. The lowest BCUT2D eigenvalue weighted by Gasteiger charge is -2.21. The Hall–Kier alpha value is -2.10. The Morgan fingerprint density at radius 1 is 1.22 bits per heavy atom. The molecule has 1 aliphatic carbocycles. The Morgan fingerprint density at radius 2 is 1.91 bits per heavy atom. The molecule has 2 aromatic rings. The lowest BCUT2D eigenvalue weighted by atomic mass is 9.89. The standard InChI is InChI=1S/C19H25N3O/c1-14-17(19(23)20-13-15-9-5-3-6-10-15)21-22(2)18(14)16-11-7-4-8-12-16/h4,7-8,11-12,15H,3,5-6,9-10,13H2,1-2H3,(H,20,23). The van der Waals surface area contributed by atoms with Gasteiger partial charge in [-0.05, 0) is 25.7 Å². The van der Waals surface area contributed by atoms with Crippen LogP contribution < -0.4 is 5.32 Å². The minimum Gasteiger partial charge on any atom is -0.350 e. The highest BCUT2D eigenvalue weighted by Crippen LogP contribution is 2.26. The SMILES string of the molecule is Cc1c(C(=O)NCC2CCCCC2)nn(C)c1-c1ccccc1. The van der Waals surface area contributed by atoms with Gasteiger partial charge in [-0.3, -0.25) is 9.48 Å². The number of hydrogen-bond donors (Lipinski definition) is 1. The molecule has 1 aromatic heterocycles. The lowest BCUT2D eigenvalue weighted by Crippen LogP contribution is -2.31. The summed E-state index contributed by atoms with van der Waals surface area (Å²) >= 11 is 0. The van der Waals surface area contributed by atoms with Gasteiger partial charge >= 0.3 is 0 Å². The van der Waals surface area contributed by atoms with Crippen LogP contribution in [0.5, 0.6) is 0 Å². The Kier molecular flexibility index (Phi) is 4.79. The molecule has 1 heterocycles. The van der Waals surface area contributed by atoms with Gasteiger partial charge in [0.05, 0.1) is 5.69 Å². The van der Waals surface area contributed by atoms with Gasteiger partial charge in [-0.1, -0.05) is 49.6 Å². The molecule has 0 unspecified atom stereocenters. The van der Waals surface area contributed by atoms with Gasteiger partial charge in [0.1, 0.15) is 0 Å². The quantitative estimate of drug-likeness (QED) is 0.935. The minimum atomic E-state index is -0.0501. The fraction of sp³-hybridized carbons (Fsp3) is 0.474. The van der Waals surface area contributed by atoms with E-state index < -0.39 is 0 Å². The second-order valence-electron chi connectivity index (χ2n) is 6.53. The molecule has 0 spiro atoms. The molecule has 4 nitrogen and oxygen atoms in total. The maximum absolute atomic E-state index is 12.5. The average molecular weight is 311 g/mol. The number of aromatic nitrogens is 2. The molecule has 1 saturated carbocycles. The van der Waals surface area contributed by atoms with Crippen molar-refractivity contribution in [3.05, 3.63) is 41.6 Å². The lowest BCUT2D eigenvalue weighted by molar-refractivity contribution is 0.0937. The minimum absolute atomic E-state index is 0.0501. The number of aryl methyl sites for hydroxylation is 1. The van der Waals surface area contributed by atoms with E-state index in [-0.39, 0.29) is 5.91 Å². The van der Waals surface area contributed by atoms with Crippen LogP contribution in [0.1, 0.15) is 48.2 Å². The zero-order valence-electron chi connectivity index (χ0n) is 14.0. The summed E-state index contributed by atoms with van der Waals surface area (Å²) in [4.78, 5) is 12.5. The number of amides is 1. The van der Waals surface area contributed by atoms with E-state index in [1.807, 2.05) is 44.3 Å². The third kappa shape index (κ3) is 3.46. The highest BCUT2D eigenvalue weighted by atomic mass is 16.1. The second kappa shape index (κ2) is 6.99. The zero-order valence-corrected chi connectivity index (χ0v) is 14.0. The van der Waals surface area contributed by atoms with E-state index in [2.05, 4.69) is 10.4 Å². The molecule has 3 rings (SSSR count). The molecule has 0 atom stereocenters. The fourth-order valence-electron chi connectivity index (χ4n) is 3.56. The van der Waals surface area contributed by atoms with Gasteiger partial charge in [0.2, 0.25) is 0 Å². The summed E-state index contributed by atoms with van der Waals surface area (Å²) in [5.74, 6) is 0.580. The van der Waals surface area contributed by atoms with E-state index >= 15 is 0 Å². The van der Waals surface area contributed by atoms with Crippen LogP contribution in [0, 0.1) is 12.8 Å². The molecule has 1 fully saturated rings. The summed E-state index contributed by atoms with van der Waals surface area (Å²) in [5.41, 5.74) is 3.58. The number of carbonyl (C=O) groups is 1. The van der Waals surface area contributed by atoms with Gasteiger partial charge in [-0.25, -0.2) is 0 Å². The molecule has 0 bridgehead atoms. The first-order valence-electron chi connectivity index (χ1n) is 8.54. The first-order valence-corrected chi connectivity index (χ1v) is 8.54. The van der Waals surface area contributed by atoms with Crippen molar-refractivity contribution in [3.8, 4) is 11.3 Å². The van der Waals surface area contributed by atoms with Gasteiger partial charge in [0.15, 0.2) is 5.69 Å². The van der Waals surface area contributed by atoms with Crippen molar-refractivity contribution in [2.75, 3.05) is 6.54 Å². The first-order chi connectivity index (χ1) is 11.2. The van der Waals surface area contributed by atoms with E-state index in [1.165, 1.54) is 32.1 Å². The predicted octanol–water partition coefficient (Wildman–Crippen LogP) is 3.71. The van der Waals surface area contributed by atoms with Crippen molar-refractivity contribution in [1.29, 1.82) is 0 Å². The van der Waals surface area contributed by atoms with Gasteiger partial charge in [-0.2, -0.15) is 5.10 Å². The van der Waals surface area contributed by atoms with Crippen molar-refractivity contribution in [1.82, 2.24) is 15.1 Å². The highest BCUT2D eigenvalue weighted by molar-refractivity contribution is 5.95. The summed E-state index contributed by atoms with van der Waals surface area (Å²) in [5, 5.41) is 7.54. The number of nitrogens with zero attached hydrogens (tertiary/aromatic N) is 2. The number of nitrogens with one attached hydrogen (secondary N) is 1. The molecule has 4 heteroatoms.